The summed E-state index contributed by atoms with van der Waals surface area (Å²) in [6, 6.07) is 10.2. The van der Waals surface area contributed by atoms with Crippen LogP contribution in [0.1, 0.15) is 18.4 Å². The lowest BCUT2D eigenvalue weighted by Crippen LogP contribution is -2.37. The lowest BCUT2D eigenvalue weighted by atomic mass is 10.1. The van der Waals surface area contributed by atoms with Gasteiger partial charge in [0.1, 0.15) is 4.66 Å². The van der Waals surface area contributed by atoms with Crippen molar-refractivity contribution >= 4 is 26.0 Å². The minimum atomic E-state index is -3.12. The Bertz CT molecular complexity index is 461. The van der Waals surface area contributed by atoms with Crippen molar-refractivity contribution in [3.63, 3.8) is 0 Å². The molecule has 1 aliphatic heterocycles. The number of benzene rings is 1. The van der Waals surface area contributed by atoms with Crippen LogP contribution in [-0.4, -0.2) is 30.0 Å². The van der Waals surface area contributed by atoms with Crippen molar-refractivity contribution in [2.75, 3.05) is 11.2 Å². The van der Waals surface area contributed by atoms with Gasteiger partial charge in [0.25, 0.3) is 0 Å². The molecule has 1 saturated heterocycles. The van der Waals surface area contributed by atoms with Gasteiger partial charge in [0, 0.05) is 12.6 Å². The minimum Gasteiger partial charge on any atom is -0.211 e. The van der Waals surface area contributed by atoms with Crippen LogP contribution in [0.25, 0.3) is 0 Å². The third-order valence-corrected chi connectivity index (χ3v) is 6.34. The maximum atomic E-state index is 11.9. The first-order valence-corrected chi connectivity index (χ1v) is 8.46. The Morgan fingerprint density at radius 2 is 2.00 bits per heavy atom. The summed E-state index contributed by atoms with van der Waals surface area (Å²) in [4.78, 5) is 0. The van der Waals surface area contributed by atoms with Gasteiger partial charge in [-0.3, -0.25) is 0 Å². The van der Waals surface area contributed by atoms with Crippen molar-refractivity contribution in [3.8, 4) is 0 Å². The maximum Gasteiger partial charge on any atom is 0.224 e. The van der Waals surface area contributed by atoms with E-state index in [0.717, 1.165) is 19.3 Å². The molecule has 0 amide bonds. The van der Waals surface area contributed by atoms with E-state index in [9.17, 15) is 8.42 Å². The summed E-state index contributed by atoms with van der Waals surface area (Å²) in [5.41, 5.74) is 1.20. The molecule has 1 aromatic rings. The van der Waals surface area contributed by atoms with Crippen molar-refractivity contribution in [3.05, 3.63) is 35.9 Å². The zero-order valence-corrected chi connectivity index (χ0v) is 12.0. The number of halogens is 1. The van der Waals surface area contributed by atoms with Crippen LogP contribution in [-0.2, 0) is 16.4 Å². The Kier molecular flexibility index (Phi) is 4.22. The zero-order chi connectivity index (χ0) is 12.3. The molecule has 0 aliphatic carbocycles. The highest BCUT2D eigenvalue weighted by Crippen LogP contribution is 2.25. The molecule has 94 valence electrons. The smallest absolute Gasteiger partial charge is 0.211 e. The molecule has 1 heterocycles. The van der Waals surface area contributed by atoms with Gasteiger partial charge in [-0.25, -0.2) is 8.42 Å². The summed E-state index contributed by atoms with van der Waals surface area (Å²) in [6.07, 6.45) is 2.73. The molecule has 1 fully saturated rings. The van der Waals surface area contributed by atoms with E-state index >= 15 is 0 Å². The van der Waals surface area contributed by atoms with Crippen LogP contribution in [0.3, 0.4) is 0 Å². The Morgan fingerprint density at radius 1 is 1.29 bits per heavy atom. The van der Waals surface area contributed by atoms with Gasteiger partial charge in [-0.1, -0.05) is 46.3 Å². The molecule has 1 unspecified atom stereocenters. The van der Waals surface area contributed by atoms with Crippen LogP contribution in [0.5, 0.6) is 0 Å². The van der Waals surface area contributed by atoms with Crippen molar-refractivity contribution in [1.29, 1.82) is 0 Å². The summed E-state index contributed by atoms with van der Waals surface area (Å²) in [6.45, 7) is 0.658. The molecule has 1 atom stereocenters. The molecule has 17 heavy (non-hydrogen) atoms. The topological polar surface area (TPSA) is 37.4 Å². The first-order chi connectivity index (χ1) is 8.13. The molecule has 3 nitrogen and oxygen atoms in total. The SMILES string of the molecule is O=S(=O)(CBr)N1CCCC1Cc1ccccc1. The summed E-state index contributed by atoms with van der Waals surface area (Å²) < 4.78 is 25.4. The number of hydrogen-bond acceptors (Lipinski definition) is 2. The van der Waals surface area contributed by atoms with Crippen molar-refractivity contribution in [2.24, 2.45) is 0 Å². The van der Waals surface area contributed by atoms with Crippen molar-refractivity contribution in [1.82, 2.24) is 4.31 Å². The van der Waals surface area contributed by atoms with Gasteiger partial charge in [0.15, 0.2) is 0 Å². The van der Waals surface area contributed by atoms with E-state index in [-0.39, 0.29) is 10.7 Å². The lowest BCUT2D eigenvalue weighted by Gasteiger charge is -2.23. The van der Waals surface area contributed by atoms with E-state index < -0.39 is 10.0 Å². The third kappa shape index (κ3) is 3.09. The Hall–Kier alpha value is -0.390. The normalized spacial score (nSPS) is 21.8. The largest absolute Gasteiger partial charge is 0.224 e. The van der Waals surface area contributed by atoms with E-state index in [4.69, 9.17) is 0 Å². The second-order valence-electron chi connectivity index (χ2n) is 4.32. The molecule has 5 heteroatoms. The standard InChI is InChI=1S/C12H16BrNO2S/c13-10-17(15,16)14-8-4-7-12(14)9-11-5-2-1-3-6-11/h1-3,5-6,12H,4,7-10H2. The van der Waals surface area contributed by atoms with Gasteiger partial charge in [0.2, 0.25) is 10.0 Å². The second-order valence-corrected chi connectivity index (χ2v) is 7.54. The summed E-state index contributed by atoms with van der Waals surface area (Å²) in [5, 5.41) is 0. The van der Waals surface area contributed by atoms with Crippen molar-refractivity contribution < 1.29 is 8.42 Å². The number of nitrogens with zero attached hydrogens (tertiary/aromatic N) is 1. The molecule has 0 bridgehead atoms. The lowest BCUT2D eigenvalue weighted by molar-refractivity contribution is 0.388. The van der Waals surface area contributed by atoms with Gasteiger partial charge in [-0.2, -0.15) is 4.31 Å². The summed E-state index contributed by atoms with van der Waals surface area (Å²) >= 11 is 3.06. The molecule has 2 rings (SSSR count). The van der Waals surface area contributed by atoms with Gasteiger partial charge in [-0.15, -0.1) is 0 Å². The predicted octanol–water partition coefficient (Wildman–Crippen LogP) is 2.38. The molecule has 0 spiro atoms. The number of sulfonamides is 1. The van der Waals surface area contributed by atoms with Crippen LogP contribution in [0.4, 0.5) is 0 Å². The van der Waals surface area contributed by atoms with Crippen LogP contribution in [0.2, 0.25) is 0 Å². The second kappa shape index (κ2) is 5.50. The van der Waals surface area contributed by atoms with Crippen LogP contribution in [0.15, 0.2) is 30.3 Å². The molecule has 1 aromatic carbocycles. The first kappa shape index (κ1) is 13.1. The fraction of sp³-hybridized carbons (Fsp3) is 0.500. The van der Waals surface area contributed by atoms with Crippen LogP contribution < -0.4 is 0 Å². The highest BCUT2D eigenvalue weighted by Gasteiger charge is 2.33. The first-order valence-electron chi connectivity index (χ1n) is 5.73. The van der Waals surface area contributed by atoms with E-state index in [1.54, 1.807) is 4.31 Å². The quantitative estimate of drug-likeness (QED) is 0.799. The van der Waals surface area contributed by atoms with Gasteiger partial charge >= 0.3 is 0 Å². The molecule has 1 aliphatic rings. The van der Waals surface area contributed by atoms with Gasteiger partial charge < -0.3 is 0 Å². The summed E-state index contributed by atoms with van der Waals surface area (Å²) in [7, 11) is -3.12. The zero-order valence-electron chi connectivity index (χ0n) is 9.55. The fourth-order valence-corrected chi connectivity index (χ4v) is 4.28. The molecular weight excluding hydrogens is 302 g/mol. The highest BCUT2D eigenvalue weighted by atomic mass is 79.9. The molecule has 0 radical (unpaired) electrons. The average Bonchev–Trinajstić information content (AvgIpc) is 2.79. The van der Waals surface area contributed by atoms with Crippen LogP contribution >= 0.6 is 15.9 Å². The minimum absolute atomic E-state index is 0.0191. The molecule has 0 saturated carbocycles. The number of rotatable bonds is 4. The molecular formula is C12H16BrNO2S. The molecule has 0 aromatic heterocycles. The Labute approximate surface area is 111 Å². The Balaban J connectivity index is 2.11. The monoisotopic (exact) mass is 317 g/mol. The number of hydrogen-bond donors (Lipinski definition) is 0. The highest BCUT2D eigenvalue weighted by molar-refractivity contribution is 9.10. The van der Waals surface area contributed by atoms with E-state index in [1.165, 1.54) is 5.56 Å². The predicted molar refractivity (Wildman–Crippen MR) is 72.6 cm³/mol. The van der Waals surface area contributed by atoms with E-state index in [2.05, 4.69) is 28.1 Å². The van der Waals surface area contributed by atoms with Gasteiger partial charge in [-0.05, 0) is 24.8 Å². The van der Waals surface area contributed by atoms with Crippen LogP contribution in [0, 0.1) is 0 Å². The summed E-state index contributed by atoms with van der Waals surface area (Å²) in [5.74, 6) is 0. The fourth-order valence-electron chi connectivity index (χ4n) is 2.33. The van der Waals surface area contributed by atoms with E-state index in [0.29, 0.717) is 6.54 Å². The number of alkyl halides is 1. The third-order valence-electron chi connectivity index (χ3n) is 3.13. The van der Waals surface area contributed by atoms with E-state index in [1.807, 2.05) is 18.2 Å². The maximum absolute atomic E-state index is 11.9. The Morgan fingerprint density at radius 3 is 2.65 bits per heavy atom. The molecule has 0 N–H and O–H groups in total. The van der Waals surface area contributed by atoms with Crippen molar-refractivity contribution in [2.45, 2.75) is 25.3 Å². The average molecular weight is 318 g/mol. The van der Waals surface area contributed by atoms with Gasteiger partial charge in [0.05, 0.1) is 0 Å².